The number of benzene rings is 2. The molecule has 136 valence electrons. The van der Waals surface area contributed by atoms with E-state index in [2.05, 4.69) is 9.82 Å². The molecule has 3 aromatic rings. The minimum Gasteiger partial charge on any atom is -0.497 e. The third kappa shape index (κ3) is 3.97. The Morgan fingerprint density at radius 1 is 1.04 bits per heavy atom. The number of hydrogen-bond acceptors (Lipinski definition) is 5. The summed E-state index contributed by atoms with van der Waals surface area (Å²) in [5.41, 5.74) is 1.07. The lowest BCUT2D eigenvalue weighted by atomic mass is 10.2. The number of methoxy groups -OCH3 is 2. The van der Waals surface area contributed by atoms with E-state index in [9.17, 15) is 8.42 Å². The molecule has 0 aliphatic heterocycles. The molecule has 0 saturated carbocycles. The molecule has 1 aromatic heterocycles. The number of anilines is 1. The van der Waals surface area contributed by atoms with E-state index in [-0.39, 0.29) is 16.5 Å². The van der Waals surface area contributed by atoms with Gasteiger partial charge in [0.25, 0.3) is 10.0 Å². The van der Waals surface area contributed by atoms with Gasteiger partial charge in [0.1, 0.15) is 16.4 Å². The first kappa shape index (κ1) is 17.8. The van der Waals surface area contributed by atoms with Gasteiger partial charge < -0.3 is 9.47 Å². The zero-order valence-electron chi connectivity index (χ0n) is 14.4. The molecule has 0 atom stereocenters. The summed E-state index contributed by atoms with van der Waals surface area (Å²) in [5.74, 6) is 0.869. The third-order valence-electron chi connectivity index (χ3n) is 3.73. The van der Waals surface area contributed by atoms with Gasteiger partial charge in [-0.2, -0.15) is 5.10 Å². The maximum Gasteiger partial charge on any atom is 0.266 e. The summed E-state index contributed by atoms with van der Waals surface area (Å²) in [6.45, 7) is 0.547. The van der Waals surface area contributed by atoms with Gasteiger partial charge in [-0.25, -0.2) is 8.42 Å². The van der Waals surface area contributed by atoms with Gasteiger partial charge in [-0.15, -0.1) is 0 Å². The molecule has 1 heterocycles. The van der Waals surface area contributed by atoms with E-state index in [1.165, 1.54) is 20.3 Å². The van der Waals surface area contributed by atoms with Crippen LogP contribution >= 0.6 is 0 Å². The van der Waals surface area contributed by atoms with E-state index < -0.39 is 10.0 Å². The molecule has 2 aromatic carbocycles. The first-order valence-corrected chi connectivity index (χ1v) is 9.32. The molecule has 0 unspecified atom stereocenters. The van der Waals surface area contributed by atoms with E-state index in [0.717, 1.165) is 5.56 Å². The summed E-state index contributed by atoms with van der Waals surface area (Å²) in [7, 11) is -0.998. The Bertz CT molecular complexity index is 985. The Labute approximate surface area is 152 Å². The minimum atomic E-state index is -3.88. The molecular weight excluding hydrogens is 354 g/mol. The topological polar surface area (TPSA) is 82.5 Å². The molecule has 26 heavy (non-hydrogen) atoms. The number of nitrogens with one attached hydrogen (secondary N) is 1. The Morgan fingerprint density at radius 3 is 2.50 bits per heavy atom. The Balaban J connectivity index is 1.82. The van der Waals surface area contributed by atoms with Gasteiger partial charge in [-0.1, -0.05) is 30.3 Å². The Hall–Kier alpha value is -3.00. The molecule has 0 aliphatic carbocycles. The Kier molecular flexibility index (Phi) is 5.13. The van der Waals surface area contributed by atoms with Gasteiger partial charge in [-0.05, 0) is 17.7 Å². The minimum absolute atomic E-state index is 0.0167. The SMILES string of the molecule is COc1ccc(OC)c(S(=O)(=O)Nc2ccn(Cc3ccccc3)n2)c1. The van der Waals surface area contributed by atoms with Crippen molar-refractivity contribution in [1.82, 2.24) is 9.78 Å². The number of hydrogen-bond donors (Lipinski definition) is 1. The van der Waals surface area contributed by atoms with Crippen LogP contribution in [0.2, 0.25) is 0 Å². The fraction of sp³-hybridized carbons (Fsp3) is 0.167. The van der Waals surface area contributed by atoms with Crippen LogP contribution in [-0.4, -0.2) is 32.4 Å². The summed E-state index contributed by atoms with van der Waals surface area (Å²) in [4.78, 5) is -0.0167. The van der Waals surface area contributed by atoms with E-state index >= 15 is 0 Å². The average Bonchev–Trinajstić information content (AvgIpc) is 3.08. The average molecular weight is 373 g/mol. The summed E-state index contributed by atoms with van der Waals surface area (Å²) in [5, 5.41) is 4.27. The molecule has 0 fully saturated rings. The maximum absolute atomic E-state index is 12.7. The number of nitrogens with zero attached hydrogens (tertiary/aromatic N) is 2. The van der Waals surface area contributed by atoms with Gasteiger partial charge in [0.15, 0.2) is 5.82 Å². The lowest BCUT2D eigenvalue weighted by Crippen LogP contribution is -2.15. The predicted octanol–water partition coefficient (Wildman–Crippen LogP) is 2.75. The number of aromatic nitrogens is 2. The van der Waals surface area contributed by atoms with Crippen molar-refractivity contribution in [2.75, 3.05) is 18.9 Å². The molecule has 8 heteroatoms. The van der Waals surface area contributed by atoms with Crippen LogP contribution in [-0.2, 0) is 16.6 Å². The highest BCUT2D eigenvalue weighted by molar-refractivity contribution is 7.92. The van der Waals surface area contributed by atoms with Crippen molar-refractivity contribution in [2.24, 2.45) is 0 Å². The first-order valence-electron chi connectivity index (χ1n) is 7.84. The van der Waals surface area contributed by atoms with Crippen molar-refractivity contribution in [3.63, 3.8) is 0 Å². The van der Waals surface area contributed by atoms with Crippen LogP contribution in [0.15, 0.2) is 65.7 Å². The van der Waals surface area contributed by atoms with Crippen LogP contribution in [0, 0.1) is 0 Å². The molecule has 0 spiro atoms. The van der Waals surface area contributed by atoms with Gasteiger partial charge in [0.05, 0.1) is 20.8 Å². The van der Waals surface area contributed by atoms with Crippen LogP contribution < -0.4 is 14.2 Å². The lowest BCUT2D eigenvalue weighted by molar-refractivity contribution is 0.392. The highest BCUT2D eigenvalue weighted by Gasteiger charge is 2.21. The van der Waals surface area contributed by atoms with Gasteiger partial charge >= 0.3 is 0 Å². The summed E-state index contributed by atoms with van der Waals surface area (Å²) in [6, 6.07) is 16.0. The summed E-state index contributed by atoms with van der Waals surface area (Å²) >= 11 is 0. The molecule has 0 bridgehead atoms. The van der Waals surface area contributed by atoms with E-state index in [1.807, 2.05) is 30.3 Å². The summed E-state index contributed by atoms with van der Waals surface area (Å²) < 4.78 is 39.8. The van der Waals surface area contributed by atoms with Crippen LogP contribution in [0.4, 0.5) is 5.82 Å². The van der Waals surface area contributed by atoms with Crippen molar-refractivity contribution in [3.8, 4) is 11.5 Å². The molecular formula is C18H19N3O4S. The highest BCUT2D eigenvalue weighted by Crippen LogP contribution is 2.29. The smallest absolute Gasteiger partial charge is 0.266 e. The van der Waals surface area contributed by atoms with Crippen LogP contribution in [0.5, 0.6) is 11.5 Å². The standard InChI is InChI=1S/C18H19N3O4S/c1-24-15-8-9-16(25-2)17(12-15)26(22,23)20-18-10-11-21(19-18)13-14-6-4-3-5-7-14/h3-12H,13H2,1-2H3,(H,19,20). The first-order chi connectivity index (χ1) is 12.5. The molecule has 0 amide bonds. The lowest BCUT2D eigenvalue weighted by Gasteiger charge is -2.11. The van der Waals surface area contributed by atoms with E-state index in [0.29, 0.717) is 12.3 Å². The summed E-state index contributed by atoms with van der Waals surface area (Å²) in [6.07, 6.45) is 1.72. The molecule has 0 saturated heterocycles. The predicted molar refractivity (Wildman–Crippen MR) is 98.1 cm³/mol. The number of sulfonamides is 1. The fourth-order valence-corrected chi connectivity index (χ4v) is 3.64. The monoisotopic (exact) mass is 373 g/mol. The second-order valence-corrected chi connectivity index (χ2v) is 7.16. The van der Waals surface area contributed by atoms with Gasteiger partial charge in [0.2, 0.25) is 0 Å². The van der Waals surface area contributed by atoms with Crippen molar-refractivity contribution >= 4 is 15.8 Å². The second-order valence-electron chi connectivity index (χ2n) is 5.51. The molecule has 7 nitrogen and oxygen atoms in total. The molecule has 0 radical (unpaired) electrons. The quantitative estimate of drug-likeness (QED) is 0.689. The van der Waals surface area contributed by atoms with E-state index in [1.54, 1.807) is 29.1 Å². The molecule has 1 N–H and O–H groups in total. The number of ether oxygens (including phenoxy) is 2. The van der Waals surface area contributed by atoms with Crippen molar-refractivity contribution in [1.29, 1.82) is 0 Å². The maximum atomic E-state index is 12.7. The van der Waals surface area contributed by atoms with Crippen LogP contribution in [0.3, 0.4) is 0 Å². The van der Waals surface area contributed by atoms with Crippen molar-refractivity contribution < 1.29 is 17.9 Å². The third-order valence-corrected chi connectivity index (χ3v) is 5.10. The van der Waals surface area contributed by atoms with Crippen LogP contribution in [0.25, 0.3) is 0 Å². The fourth-order valence-electron chi connectivity index (χ4n) is 2.46. The van der Waals surface area contributed by atoms with Crippen molar-refractivity contribution in [3.05, 3.63) is 66.4 Å². The molecule has 3 rings (SSSR count). The normalized spacial score (nSPS) is 11.2. The second kappa shape index (κ2) is 7.49. The zero-order valence-corrected chi connectivity index (χ0v) is 15.2. The van der Waals surface area contributed by atoms with Gasteiger partial charge in [0, 0.05) is 18.3 Å². The van der Waals surface area contributed by atoms with Crippen LogP contribution in [0.1, 0.15) is 5.56 Å². The number of rotatable bonds is 7. The van der Waals surface area contributed by atoms with Gasteiger partial charge in [-0.3, -0.25) is 9.40 Å². The van der Waals surface area contributed by atoms with E-state index in [4.69, 9.17) is 9.47 Å². The Morgan fingerprint density at radius 2 is 1.81 bits per heavy atom. The highest BCUT2D eigenvalue weighted by atomic mass is 32.2. The van der Waals surface area contributed by atoms with Crippen molar-refractivity contribution in [2.45, 2.75) is 11.4 Å². The largest absolute Gasteiger partial charge is 0.497 e. The molecule has 0 aliphatic rings. The zero-order chi connectivity index (χ0) is 18.6.